The van der Waals surface area contributed by atoms with Crippen LogP contribution in [0.15, 0.2) is 0 Å². The molecular formula is C8H27NaO6P2S2. The van der Waals surface area contributed by atoms with E-state index in [1.165, 1.54) is 25.7 Å². The van der Waals surface area contributed by atoms with Crippen molar-refractivity contribution in [1.82, 2.24) is 0 Å². The van der Waals surface area contributed by atoms with Gasteiger partial charge in [-0.3, -0.25) is 0 Å². The van der Waals surface area contributed by atoms with Crippen LogP contribution >= 0.6 is 13.4 Å². The molecule has 0 rings (SSSR count). The molecule has 0 radical (unpaired) electrons. The first-order valence-corrected chi connectivity index (χ1v) is 10.7. The SMILES string of the molecule is CCCC.CCCC.OP(O)(O)=S.OP(O)(O)=S.[NaH]. The predicted octanol–water partition coefficient (Wildman–Crippen LogP) is 1.34. The average Bonchev–Trinajstić information content (AvgIpc) is 2.12. The fourth-order valence-corrected chi connectivity index (χ4v) is 0. The summed E-state index contributed by atoms with van der Waals surface area (Å²) in [5.41, 5.74) is 0. The third-order valence-electron chi connectivity index (χ3n) is 1.000. The van der Waals surface area contributed by atoms with Crippen LogP contribution in [0.4, 0.5) is 0 Å². The van der Waals surface area contributed by atoms with Crippen LogP contribution in [0.1, 0.15) is 53.4 Å². The second-order valence-corrected chi connectivity index (χ2v) is 8.02. The zero-order valence-corrected chi connectivity index (χ0v) is 14.6. The molecule has 0 bridgehead atoms. The third-order valence-corrected chi connectivity index (χ3v) is 1.000. The molecule has 0 heterocycles. The van der Waals surface area contributed by atoms with Gasteiger partial charge in [0.25, 0.3) is 0 Å². The minimum atomic E-state index is -3.81. The molecule has 0 aromatic rings. The van der Waals surface area contributed by atoms with E-state index in [1.54, 1.807) is 0 Å². The molecule has 118 valence electrons. The summed E-state index contributed by atoms with van der Waals surface area (Å²) in [6.45, 7) is 1.11. The first-order valence-electron chi connectivity index (χ1n) is 5.39. The van der Waals surface area contributed by atoms with Gasteiger partial charge in [-0.05, 0) is 23.6 Å². The molecule has 0 aliphatic carbocycles. The molecule has 19 heavy (non-hydrogen) atoms. The van der Waals surface area contributed by atoms with Crippen LogP contribution in [0.3, 0.4) is 0 Å². The van der Waals surface area contributed by atoms with Crippen LogP contribution in [0, 0.1) is 0 Å². The molecular weight excluding hydrogens is 341 g/mol. The molecule has 0 unspecified atom stereocenters. The Morgan fingerprint density at radius 1 is 0.579 bits per heavy atom. The molecule has 0 amide bonds. The first-order chi connectivity index (χ1) is 7.83. The Hall–Kier alpha value is 2.06. The van der Waals surface area contributed by atoms with Crippen LogP contribution in [0.25, 0.3) is 0 Å². The van der Waals surface area contributed by atoms with Gasteiger partial charge in [0.05, 0.1) is 0 Å². The molecule has 0 aromatic carbocycles. The van der Waals surface area contributed by atoms with Crippen molar-refractivity contribution in [3.05, 3.63) is 0 Å². The Morgan fingerprint density at radius 2 is 0.632 bits per heavy atom. The van der Waals surface area contributed by atoms with Crippen molar-refractivity contribution < 1.29 is 29.4 Å². The van der Waals surface area contributed by atoms with E-state index in [2.05, 4.69) is 51.3 Å². The van der Waals surface area contributed by atoms with Gasteiger partial charge in [-0.2, -0.15) is 0 Å². The zero-order valence-electron chi connectivity index (χ0n) is 11.2. The quantitative estimate of drug-likeness (QED) is 0.319. The summed E-state index contributed by atoms with van der Waals surface area (Å²) < 4.78 is 0. The number of hydrogen-bond donors (Lipinski definition) is 6. The van der Waals surface area contributed by atoms with Crippen molar-refractivity contribution in [1.29, 1.82) is 0 Å². The van der Waals surface area contributed by atoms with Crippen molar-refractivity contribution in [2.75, 3.05) is 0 Å². The van der Waals surface area contributed by atoms with E-state index in [4.69, 9.17) is 29.4 Å². The monoisotopic (exact) mass is 368 g/mol. The van der Waals surface area contributed by atoms with E-state index in [9.17, 15) is 0 Å². The molecule has 0 aliphatic rings. The molecule has 0 aliphatic heterocycles. The van der Waals surface area contributed by atoms with Crippen molar-refractivity contribution in [3.8, 4) is 0 Å². The van der Waals surface area contributed by atoms with Crippen molar-refractivity contribution in [2.45, 2.75) is 53.4 Å². The van der Waals surface area contributed by atoms with E-state index in [0.717, 1.165) is 0 Å². The Kier molecular flexibility index (Phi) is 38.6. The second kappa shape index (κ2) is 22.3. The van der Waals surface area contributed by atoms with Gasteiger partial charge in [-0.1, -0.05) is 53.4 Å². The van der Waals surface area contributed by atoms with Crippen LogP contribution < -0.4 is 0 Å². The summed E-state index contributed by atoms with van der Waals surface area (Å²) >= 11 is 7.21. The molecule has 11 heteroatoms. The second-order valence-electron chi connectivity index (χ2n) is 3.03. The molecule has 0 aromatic heterocycles. The Balaban J connectivity index is -0.0000000453. The van der Waals surface area contributed by atoms with Crippen molar-refractivity contribution in [2.24, 2.45) is 0 Å². The van der Waals surface area contributed by atoms with Gasteiger partial charge in [-0.25, -0.2) is 0 Å². The van der Waals surface area contributed by atoms with E-state index < -0.39 is 13.4 Å². The predicted molar refractivity (Wildman–Crippen MR) is 90.2 cm³/mol. The Bertz CT molecular complexity index is 189. The number of hydrogen-bond acceptors (Lipinski definition) is 2. The van der Waals surface area contributed by atoms with Crippen LogP contribution in [-0.4, -0.2) is 58.9 Å². The molecule has 0 saturated heterocycles. The normalized spacial score (nSPS) is 9.37. The van der Waals surface area contributed by atoms with E-state index in [1.807, 2.05) is 0 Å². The maximum atomic E-state index is 7.56. The third kappa shape index (κ3) is 397. The van der Waals surface area contributed by atoms with Crippen LogP contribution in [0.5, 0.6) is 0 Å². The van der Waals surface area contributed by atoms with Gasteiger partial charge in [0.15, 0.2) is 0 Å². The molecule has 0 spiro atoms. The summed E-state index contributed by atoms with van der Waals surface area (Å²) in [5, 5.41) is 0. The maximum absolute atomic E-state index is 7.56. The van der Waals surface area contributed by atoms with Gasteiger partial charge < -0.3 is 29.4 Å². The van der Waals surface area contributed by atoms with Gasteiger partial charge in [-0.15, -0.1) is 0 Å². The molecule has 6 nitrogen and oxygen atoms in total. The topological polar surface area (TPSA) is 121 Å². The summed E-state index contributed by atoms with van der Waals surface area (Å²) in [6, 6.07) is 0. The summed E-state index contributed by atoms with van der Waals surface area (Å²) in [5.74, 6) is 0. The molecule has 0 saturated carbocycles. The fourth-order valence-electron chi connectivity index (χ4n) is 0. The summed E-state index contributed by atoms with van der Waals surface area (Å²) in [7, 11) is 0. The van der Waals surface area contributed by atoms with Gasteiger partial charge >= 0.3 is 43.0 Å². The summed E-state index contributed by atoms with van der Waals surface area (Å²) in [6.07, 6.45) is 5.28. The summed E-state index contributed by atoms with van der Waals surface area (Å²) in [4.78, 5) is 45.3. The first kappa shape index (κ1) is 32.9. The Labute approximate surface area is 148 Å². The standard InChI is InChI=1S/2C4H10.Na.2H3O3PS.H/c2*1-3-4-2;;2*1-4(2,3)5;/h2*3-4H2,1-2H3;;2*(H3,1,2,3,5);. The molecule has 6 N–H and O–H groups in total. The van der Waals surface area contributed by atoms with E-state index in [0.29, 0.717) is 0 Å². The molecule has 0 atom stereocenters. The van der Waals surface area contributed by atoms with Crippen molar-refractivity contribution in [3.63, 3.8) is 0 Å². The van der Waals surface area contributed by atoms with Crippen LogP contribution in [-0.2, 0) is 23.6 Å². The van der Waals surface area contributed by atoms with Gasteiger partial charge in [0.1, 0.15) is 0 Å². The number of unbranched alkanes of at least 4 members (excludes halogenated alkanes) is 2. The zero-order chi connectivity index (χ0) is 15.8. The average molecular weight is 368 g/mol. The number of rotatable bonds is 2. The fraction of sp³-hybridized carbons (Fsp3) is 1.00. The van der Waals surface area contributed by atoms with E-state index >= 15 is 0 Å². The minimum absolute atomic E-state index is 0. The van der Waals surface area contributed by atoms with Crippen molar-refractivity contribution >= 4 is 66.6 Å². The van der Waals surface area contributed by atoms with Crippen LogP contribution in [0.2, 0.25) is 0 Å². The Morgan fingerprint density at radius 3 is 0.632 bits per heavy atom. The molecule has 0 fully saturated rings. The van der Waals surface area contributed by atoms with Gasteiger partial charge in [0.2, 0.25) is 0 Å². The van der Waals surface area contributed by atoms with E-state index in [-0.39, 0.29) is 29.6 Å². The van der Waals surface area contributed by atoms with Gasteiger partial charge in [0, 0.05) is 0 Å².